The molecule has 0 aliphatic rings. The number of carbonyl (C=O) groups is 1. The highest BCUT2D eigenvalue weighted by atomic mass is 32.1. The van der Waals surface area contributed by atoms with Gasteiger partial charge in [0.15, 0.2) is 11.6 Å². The van der Waals surface area contributed by atoms with E-state index in [2.05, 4.69) is 29.7 Å². The van der Waals surface area contributed by atoms with Crippen LogP contribution in [0.5, 0.6) is 5.75 Å². The van der Waals surface area contributed by atoms with Crippen molar-refractivity contribution in [1.82, 2.24) is 5.48 Å². The number of hydrogen-bond donors (Lipinski definition) is 2. The van der Waals surface area contributed by atoms with Gasteiger partial charge in [-0.2, -0.15) is 0 Å². The summed E-state index contributed by atoms with van der Waals surface area (Å²) >= 11 is 1.61. The molecule has 0 saturated heterocycles. The molecule has 2 N–H and O–H groups in total. The van der Waals surface area contributed by atoms with Gasteiger partial charge in [-0.3, -0.25) is 15.1 Å². The smallest absolute Gasteiger partial charge is 0.307 e. The quantitative estimate of drug-likeness (QED) is 0.192. The van der Waals surface area contributed by atoms with Gasteiger partial charge >= 0.3 is 5.97 Å². The highest BCUT2D eigenvalue weighted by molar-refractivity contribution is 7.10. The van der Waals surface area contributed by atoms with E-state index in [1.807, 2.05) is 53.9 Å². The van der Waals surface area contributed by atoms with E-state index >= 15 is 0 Å². The fourth-order valence-corrected chi connectivity index (χ4v) is 4.11. The van der Waals surface area contributed by atoms with Gasteiger partial charge in [0.1, 0.15) is 13.2 Å². The molecule has 0 radical (unpaired) electrons. The zero-order valence-corrected chi connectivity index (χ0v) is 19.6. The second-order valence-corrected chi connectivity index (χ2v) is 8.59. The molecule has 0 spiro atoms. The Labute approximate surface area is 207 Å². The number of nitrogens with one attached hydrogen (secondary N) is 1. The normalized spacial score (nSPS) is 11.3. The van der Waals surface area contributed by atoms with Gasteiger partial charge in [-0.25, -0.2) is 4.39 Å². The Morgan fingerprint density at radius 3 is 2.40 bits per heavy atom. The Balaban J connectivity index is 1.38. The van der Waals surface area contributed by atoms with Crippen LogP contribution >= 0.6 is 11.3 Å². The molecule has 0 aliphatic heterocycles. The van der Waals surface area contributed by atoms with Crippen LogP contribution in [0.3, 0.4) is 0 Å². The Kier molecular flexibility index (Phi) is 8.27. The minimum Gasteiger partial charge on any atom is -0.488 e. The van der Waals surface area contributed by atoms with Gasteiger partial charge in [0.05, 0.1) is 12.1 Å². The van der Waals surface area contributed by atoms with Crippen molar-refractivity contribution in [3.63, 3.8) is 0 Å². The lowest BCUT2D eigenvalue weighted by molar-refractivity contribution is -0.136. The lowest BCUT2D eigenvalue weighted by Gasteiger charge is -2.13. The SMILES string of the molecule is O=C(O)Cc1cccc(OCCONC(=Cc2cccs2)c2ccc(-c3ccccc3)cc2)c1F. The molecule has 35 heavy (non-hydrogen) atoms. The summed E-state index contributed by atoms with van der Waals surface area (Å²) in [4.78, 5) is 17.6. The maximum absolute atomic E-state index is 14.4. The average Bonchev–Trinajstić information content (AvgIpc) is 3.39. The number of halogens is 1. The molecule has 1 heterocycles. The zero-order valence-electron chi connectivity index (χ0n) is 18.8. The molecular formula is C28H24FNO4S. The summed E-state index contributed by atoms with van der Waals surface area (Å²) in [7, 11) is 0. The number of hydrogen-bond acceptors (Lipinski definition) is 5. The van der Waals surface area contributed by atoms with E-state index < -0.39 is 18.2 Å². The number of ether oxygens (including phenoxy) is 1. The second kappa shape index (κ2) is 12.0. The second-order valence-electron chi connectivity index (χ2n) is 7.62. The van der Waals surface area contributed by atoms with Crippen LogP contribution in [-0.2, 0) is 16.1 Å². The molecule has 0 fully saturated rings. The maximum atomic E-state index is 14.4. The Morgan fingerprint density at radius 1 is 0.914 bits per heavy atom. The minimum absolute atomic E-state index is 0.00166. The summed E-state index contributed by atoms with van der Waals surface area (Å²) in [5, 5.41) is 10.9. The number of aliphatic carboxylic acids is 1. The third-order valence-corrected chi connectivity index (χ3v) is 5.96. The number of rotatable bonds is 11. The number of carboxylic acids is 1. The van der Waals surface area contributed by atoms with Crippen molar-refractivity contribution in [3.05, 3.63) is 112 Å². The number of benzene rings is 3. The van der Waals surface area contributed by atoms with Crippen molar-refractivity contribution in [1.29, 1.82) is 0 Å². The fraction of sp³-hybridized carbons (Fsp3) is 0.107. The summed E-state index contributed by atoms with van der Waals surface area (Å²) in [6, 6.07) is 26.8. The van der Waals surface area contributed by atoms with Gasteiger partial charge in [0, 0.05) is 10.4 Å². The highest BCUT2D eigenvalue weighted by Gasteiger charge is 2.12. The summed E-state index contributed by atoms with van der Waals surface area (Å²) < 4.78 is 19.9. The highest BCUT2D eigenvalue weighted by Crippen LogP contribution is 2.24. The first-order valence-electron chi connectivity index (χ1n) is 11.0. The monoisotopic (exact) mass is 489 g/mol. The van der Waals surface area contributed by atoms with Crippen LogP contribution in [0.2, 0.25) is 0 Å². The number of thiophene rings is 1. The van der Waals surface area contributed by atoms with Crippen LogP contribution in [0, 0.1) is 5.82 Å². The average molecular weight is 490 g/mol. The van der Waals surface area contributed by atoms with Crippen molar-refractivity contribution in [2.75, 3.05) is 13.2 Å². The molecule has 1 aromatic heterocycles. The first-order valence-corrected chi connectivity index (χ1v) is 11.9. The van der Waals surface area contributed by atoms with E-state index in [0.717, 1.165) is 27.3 Å². The van der Waals surface area contributed by atoms with Crippen molar-refractivity contribution < 1.29 is 23.9 Å². The first kappa shape index (κ1) is 24.2. The van der Waals surface area contributed by atoms with Gasteiger partial charge in [-0.15, -0.1) is 11.3 Å². The predicted octanol–water partition coefficient (Wildman–Crippen LogP) is 6.28. The standard InChI is InChI=1S/C28H24FNO4S/c29-28-23(18-27(31)32)8-4-10-26(28)33-15-16-34-30-25(19-24-9-5-17-35-24)22-13-11-21(12-14-22)20-6-2-1-3-7-20/h1-14,17,19,30H,15-16,18H2,(H,31,32). The molecule has 0 aliphatic carbocycles. The van der Waals surface area contributed by atoms with Gasteiger partial charge in [-0.05, 0) is 40.3 Å². The minimum atomic E-state index is -1.10. The van der Waals surface area contributed by atoms with Crippen LogP contribution in [0.15, 0.2) is 90.3 Å². The van der Waals surface area contributed by atoms with E-state index in [1.165, 1.54) is 12.1 Å². The van der Waals surface area contributed by atoms with E-state index in [1.54, 1.807) is 17.4 Å². The number of carboxylic acid groups (broad SMARTS) is 1. The van der Waals surface area contributed by atoms with Gasteiger partial charge in [-0.1, -0.05) is 72.8 Å². The van der Waals surface area contributed by atoms with Gasteiger partial charge < -0.3 is 9.84 Å². The largest absolute Gasteiger partial charge is 0.488 e. The van der Waals surface area contributed by atoms with E-state index in [0.29, 0.717) is 0 Å². The molecule has 7 heteroatoms. The molecule has 0 amide bonds. The molecule has 3 aromatic carbocycles. The van der Waals surface area contributed by atoms with Crippen molar-refractivity contribution in [2.45, 2.75) is 6.42 Å². The van der Waals surface area contributed by atoms with Crippen molar-refractivity contribution in [2.24, 2.45) is 0 Å². The van der Waals surface area contributed by atoms with Crippen LogP contribution < -0.4 is 10.2 Å². The third kappa shape index (κ3) is 6.79. The molecule has 5 nitrogen and oxygen atoms in total. The lowest BCUT2D eigenvalue weighted by atomic mass is 10.0. The maximum Gasteiger partial charge on any atom is 0.307 e. The van der Waals surface area contributed by atoms with E-state index in [4.69, 9.17) is 14.7 Å². The van der Waals surface area contributed by atoms with E-state index in [-0.39, 0.29) is 24.5 Å². The van der Waals surface area contributed by atoms with Crippen LogP contribution in [0.1, 0.15) is 16.0 Å². The third-order valence-electron chi connectivity index (χ3n) is 5.14. The van der Waals surface area contributed by atoms with Crippen molar-refractivity contribution >= 4 is 29.1 Å². The molecule has 0 saturated carbocycles. The van der Waals surface area contributed by atoms with Crippen LogP contribution in [-0.4, -0.2) is 24.3 Å². The predicted molar refractivity (Wildman–Crippen MR) is 136 cm³/mol. The number of hydroxylamine groups is 1. The molecule has 4 aromatic rings. The molecular weight excluding hydrogens is 465 g/mol. The Morgan fingerprint density at radius 2 is 1.69 bits per heavy atom. The Hall–Kier alpha value is -3.94. The van der Waals surface area contributed by atoms with Crippen LogP contribution in [0.4, 0.5) is 4.39 Å². The molecule has 0 bridgehead atoms. The summed E-state index contributed by atoms with van der Waals surface area (Å²) in [6.07, 6.45) is 1.60. The molecule has 0 atom stereocenters. The summed E-state index contributed by atoms with van der Waals surface area (Å²) in [5.41, 5.74) is 7.06. The molecule has 4 rings (SSSR count). The topological polar surface area (TPSA) is 67.8 Å². The van der Waals surface area contributed by atoms with Gasteiger partial charge in [0.25, 0.3) is 0 Å². The lowest BCUT2D eigenvalue weighted by Crippen LogP contribution is -2.18. The fourth-order valence-electron chi connectivity index (χ4n) is 3.45. The Bertz CT molecular complexity index is 1270. The zero-order chi connectivity index (χ0) is 24.5. The van der Waals surface area contributed by atoms with Crippen molar-refractivity contribution in [3.8, 4) is 16.9 Å². The first-order chi connectivity index (χ1) is 17.1. The molecule has 0 unspecified atom stereocenters. The molecule has 178 valence electrons. The summed E-state index contributed by atoms with van der Waals surface area (Å²) in [6.45, 7) is 0.228. The van der Waals surface area contributed by atoms with E-state index in [9.17, 15) is 9.18 Å². The summed E-state index contributed by atoms with van der Waals surface area (Å²) in [5.74, 6) is -1.77. The van der Waals surface area contributed by atoms with Crippen LogP contribution in [0.25, 0.3) is 22.9 Å². The van der Waals surface area contributed by atoms with Gasteiger partial charge in [0.2, 0.25) is 0 Å².